The van der Waals surface area contributed by atoms with Crippen LogP contribution >= 0.6 is 0 Å². The van der Waals surface area contributed by atoms with Crippen LogP contribution in [0.1, 0.15) is 17.4 Å². The van der Waals surface area contributed by atoms with Gasteiger partial charge in [0.25, 0.3) is 5.91 Å². The number of carbonyl (C=O) groups excluding carboxylic acids is 1. The van der Waals surface area contributed by atoms with Crippen LogP contribution < -0.4 is 14.8 Å². The maximum absolute atomic E-state index is 12.5. The van der Waals surface area contributed by atoms with E-state index in [1.54, 1.807) is 30.3 Å². The van der Waals surface area contributed by atoms with E-state index in [2.05, 4.69) is 15.5 Å². The van der Waals surface area contributed by atoms with Crippen LogP contribution in [0.25, 0.3) is 11.3 Å². The Bertz CT molecular complexity index is 1100. The molecule has 2 N–H and O–H groups in total. The first-order valence-electron chi connectivity index (χ1n) is 9.64. The lowest BCUT2D eigenvalue weighted by molar-refractivity contribution is 0.102. The number of carbonyl (C=O) groups is 1. The SMILES string of the molecule is CCOc1ccc(-c2cc(C(=O)Nc3ccc(Oc4ccccc4)cc3)[nH]n2)cc1. The van der Waals surface area contributed by atoms with Crippen molar-refractivity contribution in [1.82, 2.24) is 10.2 Å². The Morgan fingerprint density at radius 1 is 0.900 bits per heavy atom. The van der Waals surface area contributed by atoms with Gasteiger partial charge in [0.2, 0.25) is 0 Å². The Morgan fingerprint density at radius 2 is 1.57 bits per heavy atom. The van der Waals surface area contributed by atoms with Crippen LogP contribution in [0, 0.1) is 0 Å². The minimum atomic E-state index is -0.267. The molecule has 1 heterocycles. The molecule has 3 aromatic carbocycles. The van der Waals surface area contributed by atoms with Crippen LogP contribution in [0.2, 0.25) is 0 Å². The summed E-state index contributed by atoms with van der Waals surface area (Å²) in [6.45, 7) is 2.56. The van der Waals surface area contributed by atoms with Gasteiger partial charge in [0, 0.05) is 11.3 Å². The highest BCUT2D eigenvalue weighted by atomic mass is 16.5. The molecule has 0 spiro atoms. The van der Waals surface area contributed by atoms with Crippen LogP contribution in [-0.4, -0.2) is 22.7 Å². The molecule has 4 rings (SSSR count). The van der Waals surface area contributed by atoms with E-state index in [4.69, 9.17) is 9.47 Å². The Morgan fingerprint density at radius 3 is 2.27 bits per heavy atom. The summed E-state index contributed by atoms with van der Waals surface area (Å²) in [6, 6.07) is 26.0. The average molecular weight is 399 g/mol. The van der Waals surface area contributed by atoms with Gasteiger partial charge >= 0.3 is 0 Å². The second kappa shape index (κ2) is 8.96. The van der Waals surface area contributed by atoms with Crippen LogP contribution in [-0.2, 0) is 0 Å². The van der Waals surface area contributed by atoms with E-state index in [1.165, 1.54) is 0 Å². The first-order valence-corrected chi connectivity index (χ1v) is 9.64. The molecule has 1 aromatic heterocycles. The number of aromatic nitrogens is 2. The van der Waals surface area contributed by atoms with Gasteiger partial charge in [-0.3, -0.25) is 9.89 Å². The summed E-state index contributed by atoms with van der Waals surface area (Å²) in [4.78, 5) is 12.5. The van der Waals surface area contributed by atoms with Gasteiger partial charge in [-0.25, -0.2) is 0 Å². The molecule has 0 radical (unpaired) electrons. The monoisotopic (exact) mass is 399 g/mol. The molecule has 0 atom stereocenters. The van der Waals surface area contributed by atoms with Gasteiger partial charge in [-0.05, 0) is 73.7 Å². The quantitative estimate of drug-likeness (QED) is 0.429. The summed E-state index contributed by atoms with van der Waals surface area (Å²) in [5.74, 6) is 1.98. The fraction of sp³-hybridized carbons (Fsp3) is 0.0833. The number of aromatic amines is 1. The lowest BCUT2D eigenvalue weighted by atomic mass is 10.1. The first kappa shape index (κ1) is 19.3. The maximum atomic E-state index is 12.5. The van der Waals surface area contributed by atoms with Crippen LogP contribution in [0.15, 0.2) is 84.9 Å². The Kier molecular flexibility index (Phi) is 5.75. The molecule has 0 aliphatic carbocycles. The maximum Gasteiger partial charge on any atom is 0.273 e. The van der Waals surface area contributed by atoms with E-state index in [9.17, 15) is 4.79 Å². The average Bonchev–Trinajstić information content (AvgIpc) is 3.27. The zero-order chi connectivity index (χ0) is 20.8. The Balaban J connectivity index is 1.39. The van der Waals surface area contributed by atoms with Crippen molar-refractivity contribution in [3.05, 3.63) is 90.6 Å². The second-order valence-corrected chi connectivity index (χ2v) is 6.52. The Hall–Kier alpha value is -4.06. The number of amides is 1. The van der Waals surface area contributed by atoms with Crippen molar-refractivity contribution in [2.45, 2.75) is 6.92 Å². The molecule has 0 saturated heterocycles. The van der Waals surface area contributed by atoms with Crippen LogP contribution in [0.3, 0.4) is 0 Å². The summed E-state index contributed by atoms with van der Waals surface area (Å²) < 4.78 is 11.2. The van der Waals surface area contributed by atoms with E-state index in [1.807, 2.05) is 61.5 Å². The fourth-order valence-electron chi connectivity index (χ4n) is 2.90. The van der Waals surface area contributed by atoms with Gasteiger partial charge in [-0.1, -0.05) is 18.2 Å². The molecule has 0 bridgehead atoms. The van der Waals surface area contributed by atoms with Crippen molar-refractivity contribution < 1.29 is 14.3 Å². The number of hydrogen-bond donors (Lipinski definition) is 2. The minimum Gasteiger partial charge on any atom is -0.494 e. The highest BCUT2D eigenvalue weighted by Crippen LogP contribution is 2.24. The van der Waals surface area contributed by atoms with E-state index in [-0.39, 0.29) is 5.91 Å². The molecule has 0 saturated carbocycles. The first-order chi connectivity index (χ1) is 14.7. The molecule has 0 aliphatic rings. The van der Waals surface area contributed by atoms with Crippen molar-refractivity contribution in [2.24, 2.45) is 0 Å². The van der Waals surface area contributed by atoms with Crippen molar-refractivity contribution in [2.75, 3.05) is 11.9 Å². The molecular weight excluding hydrogens is 378 g/mol. The summed E-state index contributed by atoms with van der Waals surface area (Å²) in [6.07, 6.45) is 0. The zero-order valence-electron chi connectivity index (χ0n) is 16.5. The highest BCUT2D eigenvalue weighted by Gasteiger charge is 2.12. The third-order valence-electron chi connectivity index (χ3n) is 4.37. The predicted molar refractivity (Wildman–Crippen MR) is 116 cm³/mol. The number of anilines is 1. The van der Waals surface area contributed by atoms with Crippen LogP contribution in [0.5, 0.6) is 17.2 Å². The van der Waals surface area contributed by atoms with Gasteiger partial charge in [-0.2, -0.15) is 5.10 Å². The number of H-pyrrole nitrogens is 1. The third-order valence-corrected chi connectivity index (χ3v) is 4.37. The summed E-state index contributed by atoms with van der Waals surface area (Å²) in [7, 11) is 0. The van der Waals surface area contributed by atoms with Crippen molar-refractivity contribution in [3.8, 4) is 28.5 Å². The highest BCUT2D eigenvalue weighted by molar-refractivity contribution is 6.03. The largest absolute Gasteiger partial charge is 0.494 e. The molecule has 6 heteroatoms. The topological polar surface area (TPSA) is 76.2 Å². The number of hydrogen-bond acceptors (Lipinski definition) is 4. The van der Waals surface area contributed by atoms with E-state index in [0.717, 1.165) is 17.1 Å². The number of benzene rings is 3. The lowest BCUT2D eigenvalue weighted by Gasteiger charge is -2.07. The van der Waals surface area contributed by atoms with Crippen LogP contribution in [0.4, 0.5) is 5.69 Å². The fourth-order valence-corrected chi connectivity index (χ4v) is 2.90. The molecule has 0 aliphatic heterocycles. The molecule has 0 fully saturated rings. The molecule has 1 amide bonds. The zero-order valence-corrected chi connectivity index (χ0v) is 16.5. The minimum absolute atomic E-state index is 0.267. The van der Waals surface area contributed by atoms with E-state index in [0.29, 0.717) is 29.4 Å². The molecular formula is C24H21N3O3. The number of ether oxygens (including phenoxy) is 2. The lowest BCUT2D eigenvalue weighted by Crippen LogP contribution is -2.12. The van der Waals surface area contributed by atoms with Gasteiger partial charge in [-0.15, -0.1) is 0 Å². The second-order valence-electron chi connectivity index (χ2n) is 6.52. The van der Waals surface area contributed by atoms with Crippen molar-refractivity contribution in [3.63, 3.8) is 0 Å². The predicted octanol–water partition coefficient (Wildman–Crippen LogP) is 5.52. The normalized spacial score (nSPS) is 10.4. The van der Waals surface area contributed by atoms with Crippen molar-refractivity contribution >= 4 is 11.6 Å². The molecule has 0 unspecified atom stereocenters. The summed E-state index contributed by atoms with van der Waals surface area (Å²) in [5.41, 5.74) is 2.63. The number of nitrogens with zero attached hydrogens (tertiary/aromatic N) is 1. The number of rotatable bonds is 7. The molecule has 30 heavy (non-hydrogen) atoms. The number of para-hydroxylation sites is 1. The van der Waals surface area contributed by atoms with E-state index < -0.39 is 0 Å². The van der Waals surface area contributed by atoms with Gasteiger partial charge in [0.05, 0.1) is 12.3 Å². The smallest absolute Gasteiger partial charge is 0.273 e. The summed E-state index contributed by atoms with van der Waals surface area (Å²) in [5, 5.41) is 9.88. The molecule has 4 aromatic rings. The standard InChI is InChI=1S/C24H21N3O3/c1-2-29-19-12-8-17(9-13-19)22-16-23(27-26-22)24(28)25-18-10-14-21(15-11-18)30-20-6-4-3-5-7-20/h3-16H,2H2,1H3,(H,25,28)(H,26,27). The third kappa shape index (κ3) is 4.67. The van der Waals surface area contributed by atoms with Crippen molar-refractivity contribution in [1.29, 1.82) is 0 Å². The summed E-state index contributed by atoms with van der Waals surface area (Å²) >= 11 is 0. The Labute approximate surface area is 174 Å². The van der Waals surface area contributed by atoms with Gasteiger partial charge in [0.1, 0.15) is 22.9 Å². The van der Waals surface area contributed by atoms with E-state index >= 15 is 0 Å². The van der Waals surface area contributed by atoms with Gasteiger partial charge in [0.15, 0.2) is 0 Å². The molecule has 6 nitrogen and oxygen atoms in total. The number of nitrogens with one attached hydrogen (secondary N) is 2. The molecule has 150 valence electrons. The van der Waals surface area contributed by atoms with Gasteiger partial charge < -0.3 is 14.8 Å².